The van der Waals surface area contributed by atoms with Gasteiger partial charge in [-0.05, 0) is 0 Å². The lowest BCUT2D eigenvalue weighted by molar-refractivity contribution is -0.156. The first-order valence-electron chi connectivity index (χ1n) is 4.66. The first-order valence-corrected chi connectivity index (χ1v) is 4.66. The fourth-order valence-corrected chi connectivity index (χ4v) is 1.96. The van der Waals surface area contributed by atoms with Crippen molar-refractivity contribution in [3.05, 3.63) is 0 Å². The summed E-state index contributed by atoms with van der Waals surface area (Å²) < 4.78 is 0. The maximum Gasteiger partial charge on any atom is 0.326 e. The first-order chi connectivity index (χ1) is 6.26. The van der Waals surface area contributed by atoms with E-state index in [9.17, 15) is 4.79 Å². The van der Waals surface area contributed by atoms with Gasteiger partial charge >= 0.3 is 5.97 Å². The molecular formula is C8H15N3O2. The summed E-state index contributed by atoms with van der Waals surface area (Å²) in [5.41, 5.74) is -0.609. The van der Waals surface area contributed by atoms with Gasteiger partial charge < -0.3 is 15.7 Å². The molecule has 0 aliphatic carbocycles. The lowest BCUT2D eigenvalue weighted by Crippen LogP contribution is -2.75. The molecule has 0 saturated carbocycles. The molecule has 2 aliphatic heterocycles. The Kier molecular flexibility index (Phi) is 2.23. The van der Waals surface area contributed by atoms with Crippen molar-refractivity contribution in [2.24, 2.45) is 0 Å². The van der Waals surface area contributed by atoms with Crippen molar-refractivity contribution in [1.82, 2.24) is 15.5 Å². The van der Waals surface area contributed by atoms with Crippen LogP contribution >= 0.6 is 0 Å². The van der Waals surface area contributed by atoms with E-state index in [0.29, 0.717) is 13.1 Å². The zero-order valence-corrected chi connectivity index (χ0v) is 7.55. The van der Waals surface area contributed by atoms with Crippen molar-refractivity contribution in [3.63, 3.8) is 0 Å². The molecule has 5 heteroatoms. The van der Waals surface area contributed by atoms with Crippen LogP contribution in [0.3, 0.4) is 0 Å². The second kappa shape index (κ2) is 3.25. The minimum absolute atomic E-state index is 0.586. The maximum absolute atomic E-state index is 11.1. The van der Waals surface area contributed by atoms with Gasteiger partial charge in [0.15, 0.2) is 0 Å². The Hall–Kier alpha value is -0.650. The summed E-state index contributed by atoms with van der Waals surface area (Å²) in [6.45, 7) is 4.65. The molecule has 2 heterocycles. The summed E-state index contributed by atoms with van der Waals surface area (Å²) in [6.07, 6.45) is 0. The number of carboxylic acid groups (broad SMARTS) is 1. The Balaban J connectivity index is 2.06. The van der Waals surface area contributed by atoms with Crippen molar-refractivity contribution < 1.29 is 9.90 Å². The van der Waals surface area contributed by atoms with Gasteiger partial charge in [0.1, 0.15) is 5.54 Å². The molecular weight excluding hydrogens is 170 g/mol. The minimum Gasteiger partial charge on any atom is -0.480 e. The fourth-order valence-electron chi connectivity index (χ4n) is 1.96. The van der Waals surface area contributed by atoms with Gasteiger partial charge in [-0.15, -0.1) is 0 Å². The van der Waals surface area contributed by atoms with Crippen LogP contribution in [-0.4, -0.2) is 60.8 Å². The molecule has 0 bridgehead atoms. The SMILES string of the molecule is O=C(O)C1(N2CCNCC2)CNC1. The number of carbonyl (C=O) groups is 1. The number of nitrogens with zero attached hydrogens (tertiary/aromatic N) is 1. The molecule has 0 aromatic rings. The molecule has 0 unspecified atom stereocenters. The summed E-state index contributed by atoms with van der Waals surface area (Å²) in [4.78, 5) is 13.2. The monoisotopic (exact) mass is 185 g/mol. The number of nitrogens with one attached hydrogen (secondary N) is 2. The second-order valence-corrected chi connectivity index (χ2v) is 3.68. The molecule has 74 valence electrons. The molecule has 13 heavy (non-hydrogen) atoms. The lowest BCUT2D eigenvalue weighted by Gasteiger charge is -2.48. The Bertz CT molecular complexity index is 209. The third kappa shape index (κ3) is 1.33. The van der Waals surface area contributed by atoms with Crippen molar-refractivity contribution in [2.45, 2.75) is 5.54 Å². The van der Waals surface area contributed by atoms with Gasteiger partial charge in [-0.1, -0.05) is 0 Å². The highest BCUT2D eigenvalue weighted by atomic mass is 16.4. The van der Waals surface area contributed by atoms with E-state index in [-0.39, 0.29) is 0 Å². The standard InChI is InChI=1S/C8H15N3O2/c12-7(13)8(5-10-6-8)11-3-1-9-2-4-11/h9-10H,1-6H2,(H,12,13). The van der Waals surface area contributed by atoms with Crippen LogP contribution in [0.2, 0.25) is 0 Å². The number of hydrogen-bond donors (Lipinski definition) is 3. The van der Waals surface area contributed by atoms with Crippen molar-refractivity contribution in [3.8, 4) is 0 Å². The number of hydrogen-bond acceptors (Lipinski definition) is 4. The van der Waals surface area contributed by atoms with Crippen LogP contribution < -0.4 is 10.6 Å². The second-order valence-electron chi connectivity index (χ2n) is 3.68. The molecule has 5 nitrogen and oxygen atoms in total. The van der Waals surface area contributed by atoms with Gasteiger partial charge in [0, 0.05) is 39.3 Å². The average Bonchev–Trinajstić information content (AvgIpc) is 2.03. The smallest absolute Gasteiger partial charge is 0.326 e. The molecule has 2 aliphatic rings. The number of aliphatic carboxylic acids is 1. The molecule has 0 aromatic carbocycles. The van der Waals surface area contributed by atoms with Gasteiger partial charge in [0.2, 0.25) is 0 Å². The maximum atomic E-state index is 11.1. The van der Waals surface area contributed by atoms with Crippen LogP contribution in [0.15, 0.2) is 0 Å². The molecule has 2 fully saturated rings. The highest BCUT2D eigenvalue weighted by Gasteiger charge is 2.49. The number of rotatable bonds is 2. The Morgan fingerprint density at radius 1 is 1.23 bits per heavy atom. The van der Waals surface area contributed by atoms with Gasteiger partial charge in [-0.2, -0.15) is 0 Å². The van der Waals surface area contributed by atoms with Crippen LogP contribution in [0.5, 0.6) is 0 Å². The Labute approximate surface area is 77.1 Å². The summed E-state index contributed by atoms with van der Waals surface area (Å²) in [5.74, 6) is -0.687. The minimum atomic E-state index is -0.687. The largest absolute Gasteiger partial charge is 0.480 e. The van der Waals surface area contributed by atoms with Crippen molar-refractivity contribution in [1.29, 1.82) is 0 Å². The molecule has 0 atom stereocenters. The van der Waals surface area contributed by atoms with E-state index in [1.165, 1.54) is 0 Å². The third-order valence-electron chi connectivity index (χ3n) is 2.96. The number of carboxylic acids is 1. The highest BCUT2D eigenvalue weighted by Crippen LogP contribution is 2.21. The third-order valence-corrected chi connectivity index (χ3v) is 2.96. The Morgan fingerprint density at radius 2 is 1.85 bits per heavy atom. The van der Waals surface area contributed by atoms with E-state index >= 15 is 0 Å². The van der Waals surface area contributed by atoms with Gasteiger partial charge in [0.25, 0.3) is 0 Å². The zero-order valence-electron chi connectivity index (χ0n) is 7.55. The number of piperazine rings is 1. The lowest BCUT2D eigenvalue weighted by atomic mass is 9.89. The molecule has 0 amide bonds. The fraction of sp³-hybridized carbons (Fsp3) is 0.875. The van der Waals surface area contributed by atoms with Crippen molar-refractivity contribution in [2.75, 3.05) is 39.3 Å². The van der Waals surface area contributed by atoms with Crippen LogP contribution in [0.25, 0.3) is 0 Å². The molecule has 3 N–H and O–H groups in total. The van der Waals surface area contributed by atoms with Crippen LogP contribution in [-0.2, 0) is 4.79 Å². The predicted octanol–water partition coefficient (Wildman–Crippen LogP) is -1.68. The first kappa shape index (κ1) is 8.93. The van der Waals surface area contributed by atoms with Gasteiger partial charge in [-0.3, -0.25) is 9.69 Å². The topological polar surface area (TPSA) is 64.6 Å². The van der Waals surface area contributed by atoms with Crippen LogP contribution in [0.4, 0.5) is 0 Å². The normalized spacial score (nSPS) is 28.0. The average molecular weight is 185 g/mol. The summed E-state index contributed by atoms with van der Waals surface area (Å²) in [6, 6.07) is 0. The van der Waals surface area contributed by atoms with Crippen LogP contribution in [0, 0.1) is 0 Å². The molecule has 0 spiro atoms. The zero-order chi connectivity index (χ0) is 9.31. The molecule has 0 aromatic heterocycles. The summed E-state index contributed by atoms with van der Waals surface area (Å²) in [5, 5.41) is 15.4. The van der Waals surface area contributed by atoms with E-state index in [0.717, 1.165) is 26.2 Å². The van der Waals surface area contributed by atoms with Crippen LogP contribution in [0.1, 0.15) is 0 Å². The Morgan fingerprint density at radius 3 is 2.23 bits per heavy atom. The summed E-state index contributed by atoms with van der Waals surface area (Å²) >= 11 is 0. The van der Waals surface area contributed by atoms with E-state index in [2.05, 4.69) is 15.5 Å². The van der Waals surface area contributed by atoms with Gasteiger partial charge in [0.05, 0.1) is 0 Å². The molecule has 2 rings (SSSR count). The van der Waals surface area contributed by atoms with Crippen molar-refractivity contribution >= 4 is 5.97 Å². The van der Waals surface area contributed by atoms with E-state index in [4.69, 9.17) is 5.11 Å². The van der Waals surface area contributed by atoms with E-state index in [1.807, 2.05) is 0 Å². The van der Waals surface area contributed by atoms with E-state index < -0.39 is 11.5 Å². The molecule has 0 radical (unpaired) electrons. The predicted molar refractivity (Wildman–Crippen MR) is 47.7 cm³/mol. The molecule has 2 saturated heterocycles. The summed E-state index contributed by atoms with van der Waals surface area (Å²) in [7, 11) is 0. The van der Waals surface area contributed by atoms with Gasteiger partial charge in [-0.25, -0.2) is 0 Å². The highest BCUT2D eigenvalue weighted by molar-refractivity contribution is 5.81. The quantitative estimate of drug-likeness (QED) is 0.479. The van der Waals surface area contributed by atoms with E-state index in [1.54, 1.807) is 0 Å².